The molecule has 6 heavy (non-hydrogen) atoms. The van der Waals surface area contributed by atoms with Crippen molar-refractivity contribution in [2.45, 2.75) is 0 Å². The maximum absolute atomic E-state index is 8.42. The molecule has 0 atom stereocenters. The van der Waals surface area contributed by atoms with Crippen molar-refractivity contribution in [3.8, 4) is 0 Å². The zero-order valence-corrected chi connectivity index (χ0v) is 7.66. The molecule has 0 heterocycles. The molecule has 0 aromatic carbocycles. The van der Waals surface area contributed by atoms with Gasteiger partial charge in [0.25, 0.3) is 0 Å². The fraction of sp³-hybridized carbons (Fsp3) is 0. The van der Waals surface area contributed by atoms with E-state index in [4.69, 9.17) is 15.1 Å². The van der Waals surface area contributed by atoms with Gasteiger partial charge in [0.2, 0.25) is 0 Å². The van der Waals surface area contributed by atoms with Gasteiger partial charge in [0.15, 0.2) is 0 Å². The van der Waals surface area contributed by atoms with Gasteiger partial charge in [0.1, 0.15) is 0 Å². The maximum atomic E-state index is 8.42. The van der Waals surface area contributed by atoms with E-state index < -0.39 is 7.32 Å². The summed E-state index contributed by atoms with van der Waals surface area (Å²) in [6, 6.07) is 0. The van der Waals surface area contributed by atoms with Crippen molar-refractivity contribution in [3.63, 3.8) is 0 Å². The topological polar surface area (TPSA) is 69.2 Å². The summed E-state index contributed by atoms with van der Waals surface area (Å²) < 4.78 is 0. The van der Waals surface area contributed by atoms with Crippen LogP contribution in [-0.4, -0.2) is 24.7 Å². The van der Waals surface area contributed by atoms with E-state index in [-0.39, 0.29) is 68.7 Å². The molecule has 0 aromatic heterocycles. The largest absolute Gasteiger partial charge is 3.00 e. The molecule has 0 rings (SSSR count). The van der Waals surface area contributed by atoms with E-state index in [1.807, 2.05) is 0 Å². The summed E-state index contributed by atoms with van der Waals surface area (Å²) in [7, 11) is -2.92. The first kappa shape index (κ1) is 15.7. The standard InChI is InChI=1S/Al.BO3.K/c;2-1(3)4;/q+3;-3;+1. The molecule has 0 unspecified atom stereocenters. The molecule has 0 aliphatic carbocycles. The minimum atomic E-state index is -2.92. The summed E-state index contributed by atoms with van der Waals surface area (Å²) in [6.07, 6.45) is 0. The van der Waals surface area contributed by atoms with Crippen LogP contribution in [0.3, 0.4) is 0 Å². The van der Waals surface area contributed by atoms with E-state index in [0.29, 0.717) is 0 Å². The second-order valence-electron chi connectivity index (χ2n) is 0.289. The molecule has 24 valence electrons. The van der Waals surface area contributed by atoms with Crippen LogP contribution in [0.5, 0.6) is 0 Å². The molecule has 0 saturated carbocycles. The van der Waals surface area contributed by atoms with E-state index in [2.05, 4.69) is 0 Å². The third kappa shape index (κ3) is 35.8. The van der Waals surface area contributed by atoms with Crippen molar-refractivity contribution in [1.29, 1.82) is 0 Å². The molecule has 0 aliphatic heterocycles. The predicted molar refractivity (Wildman–Crippen MR) is 11.5 cm³/mol. The Kier molecular flexibility index (Phi) is 26.6. The quantitative estimate of drug-likeness (QED) is 0.302. The fourth-order valence-corrected chi connectivity index (χ4v) is 0. The van der Waals surface area contributed by atoms with Gasteiger partial charge in [-0.2, -0.15) is 0 Å². The van der Waals surface area contributed by atoms with Crippen LogP contribution < -0.4 is 66.5 Å². The summed E-state index contributed by atoms with van der Waals surface area (Å²) in [5, 5.41) is 25.2. The van der Waals surface area contributed by atoms with Gasteiger partial charge in [-0.05, 0) is 0 Å². The Bertz CT molecular complexity index is 15.5. The van der Waals surface area contributed by atoms with Gasteiger partial charge < -0.3 is 15.1 Å². The van der Waals surface area contributed by atoms with Crippen molar-refractivity contribution in [2.24, 2.45) is 0 Å². The van der Waals surface area contributed by atoms with Crippen LogP contribution in [0.25, 0.3) is 0 Å². The fourth-order valence-electron chi connectivity index (χ4n) is 0. The van der Waals surface area contributed by atoms with Crippen LogP contribution >= 0.6 is 0 Å². The second kappa shape index (κ2) is 10.2. The molecule has 0 saturated heterocycles. The van der Waals surface area contributed by atoms with Crippen LogP contribution in [0.2, 0.25) is 0 Å². The van der Waals surface area contributed by atoms with Gasteiger partial charge >= 0.3 is 68.7 Å². The molecule has 0 spiro atoms. The van der Waals surface area contributed by atoms with Gasteiger partial charge in [-0.3, -0.25) is 7.32 Å². The van der Waals surface area contributed by atoms with Crippen LogP contribution in [0.15, 0.2) is 0 Å². The Morgan fingerprint density at radius 3 is 1.00 bits per heavy atom. The smallest absolute Gasteiger partial charge is 0.907 e. The molecular formula is AlBKO3+. The van der Waals surface area contributed by atoms with Crippen molar-refractivity contribution in [3.05, 3.63) is 0 Å². The van der Waals surface area contributed by atoms with Crippen molar-refractivity contribution in [2.75, 3.05) is 0 Å². The number of hydrogen-bond acceptors (Lipinski definition) is 3. The molecule has 6 heteroatoms. The van der Waals surface area contributed by atoms with Gasteiger partial charge in [0, 0.05) is 0 Å². The Morgan fingerprint density at radius 2 is 1.00 bits per heavy atom. The minimum Gasteiger partial charge on any atom is -0.907 e. The third-order valence-corrected chi connectivity index (χ3v) is 0. The maximum Gasteiger partial charge on any atom is 3.00 e. The van der Waals surface area contributed by atoms with Crippen LogP contribution in [0.1, 0.15) is 0 Å². The average molecular weight is 125 g/mol. The number of rotatable bonds is 0. The first-order chi connectivity index (χ1) is 1.73. The Morgan fingerprint density at radius 1 is 1.00 bits per heavy atom. The Labute approximate surface area is 89.5 Å². The SMILES string of the molecule is [Al+3].[K+].[O-]B([O-])[O-]. The molecular weight excluding hydrogens is 125 g/mol. The van der Waals surface area contributed by atoms with Crippen molar-refractivity contribution < 1.29 is 66.5 Å². The molecule has 0 fully saturated rings. The molecule has 0 amide bonds. The average Bonchev–Trinajstić information content (AvgIpc) is 0.811. The molecule has 0 radical (unpaired) electrons. The first-order valence-corrected chi connectivity index (χ1v) is 0.707. The predicted octanol–water partition coefficient (Wildman–Crippen LogP) is -7.32. The normalized spacial score (nSPS) is 4.50. The van der Waals surface area contributed by atoms with E-state index in [9.17, 15) is 0 Å². The third-order valence-electron chi connectivity index (χ3n) is 0. The van der Waals surface area contributed by atoms with Gasteiger partial charge in [-0.1, -0.05) is 0 Å². The minimum absolute atomic E-state index is 0. The van der Waals surface area contributed by atoms with Crippen molar-refractivity contribution >= 4 is 24.7 Å². The van der Waals surface area contributed by atoms with Crippen molar-refractivity contribution in [1.82, 2.24) is 0 Å². The zero-order chi connectivity index (χ0) is 3.58. The molecule has 3 nitrogen and oxygen atoms in total. The van der Waals surface area contributed by atoms with Gasteiger partial charge in [0.05, 0.1) is 0 Å². The van der Waals surface area contributed by atoms with Gasteiger partial charge in [-0.25, -0.2) is 0 Å². The summed E-state index contributed by atoms with van der Waals surface area (Å²) in [5.74, 6) is 0. The summed E-state index contributed by atoms with van der Waals surface area (Å²) in [5.41, 5.74) is 0. The van der Waals surface area contributed by atoms with Crippen LogP contribution in [-0.2, 0) is 0 Å². The first-order valence-electron chi connectivity index (χ1n) is 0.707. The summed E-state index contributed by atoms with van der Waals surface area (Å²) in [6.45, 7) is 0. The molecule has 0 N–H and O–H groups in total. The zero-order valence-electron chi connectivity index (χ0n) is 3.38. The second-order valence-corrected chi connectivity index (χ2v) is 0.289. The summed E-state index contributed by atoms with van der Waals surface area (Å²) in [4.78, 5) is 0. The van der Waals surface area contributed by atoms with E-state index >= 15 is 0 Å². The molecule has 0 aromatic rings. The molecule has 0 aliphatic rings. The molecule has 0 bridgehead atoms. The monoisotopic (exact) mass is 125 g/mol. The Hall–Kier alpha value is 2.11. The van der Waals surface area contributed by atoms with E-state index in [0.717, 1.165) is 0 Å². The summed E-state index contributed by atoms with van der Waals surface area (Å²) >= 11 is 0. The van der Waals surface area contributed by atoms with Gasteiger partial charge in [-0.15, -0.1) is 0 Å². The van der Waals surface area contributed by atoms with E-state index in [1.54, 1.807) is 0 Å². The van der Waals surface area contributed by atoms with Crippen LogP contribution in [0.4, 0.5) is 0 Å². The Balaban J connectivity index is -0.0000000450. The van der Waals surface area contributed by atoms with Crippen LogP contribution in [0, 0.1) is 0 Å². The van der Waals surface area contributed by atoms with E-state index in [1.165, 1.54) is 0 Å². The number of hydrogen-bond donors (Lipinski definition) is 0.